The molecule has 0 bridgehead atoms. The Bertz CT molecular complexity index is 380. The minimum Gasteiger partial charge on any atom is -0.503 e. The Hall–Kier alpha value is -1.14. The number of phenols is 1. The highest BCUT2D eigenvalue weighted by Gasteiger charge is 2.11. The van der Waals surface area contributed by atoms with Crippen LogP contribution in [0.2, 0.25) is 0 Å². The Labute approximate surface area is 92.0 Å². The topological polar surface area (TPSA) is 29.5 Å². The van der Waals surface area contributed by atoms with Crippen LogP contribution in [0.25, 0.3) is 0 Å². The van der Waals surface area contributed by atoms with Crippen molar-refractivity contribution in [3.05, 3.63) is 22.2 Å². The van der Waals surface area contributed by atoms with Gasteiger partial charge in [0.25, 0.3) is 0 Å². The molecule has 0 aromatic heterocycles. The predicted molar refractivity (Wildman–Crippen MR) is 59.6 cm³/mol. The van der Waals surface area contributed by atoms with Crippen LogP contribution >= 0.6 is 15.9 Å². The minimum absolute atomic E-state index is 0.000741. The molecule has 1 rings (SSSR count). The summed E-state index contributed by atoms with van der Waals surface area (Å²) in [6.07, 6.45) is 5.32. The Morgan fingerprint density at radius 3 is 2.71 bits per heavy atom. The Kier molecular flexibility index (Phi) is 3.43. The third-order valence-electron chi connectivity index (χ3n) is 2.02. The molecule has 1 aromatic rings. The molecule has 2 nitrogen and oxygen atoms in total. The number of methoxy groups -OCH3 is 1. The molecule has 0 aliphatic carbocycles. The highest BCUT2D eigenvalue weighted by molar-refractivity contribution is 9.10. The summed E-state index contributed by atoms with van der Waals surface area (Å²) in [5, 5.41) is 9.55. The number of benzene rings is 1. The summed E-state index contributed by atoms with van der Waals surface area (Å²) in [5.41, 5.74) is 0.939. The molecule has 1 N–H and O–H groups in total. The second kappa shape index (κ2) is 4.39. The van der Waals surface area contributed by atoms with Crippen molar-refractivity contribution in [2.24, 2.45) is 0 Å². The molecule has 3 heteroatoms. The van der Waals surface area contributed by atoms with E-state index >= 15 is 0 Å². The summed E-state index contributed by atoms with van der Waals surface area (Å²) in [6, 6.07) is 3.53. The third-order valence-corrected chi connectivity index (χ3v) is 2.63. The van der Waals surface area contributed by atoms with Crippen molar-refractivity contribution in [3.8, 4) is 23.8 Å². The fourth-order valence-electron chi connectivity index (χ4n) is 1.10. The van der Waals surface area contributed by atoms with Gasteiger partial charge in [-0.05, 0) is 40.5 Å². The predicted octanol–water partition coefficient (Wildman–Crippen LogP) is 2.90. The second-order valence-corrected chi connectivity index (χ2v) is 3.80. The van der Waals surface area contributed by atoms with Crippen LogP contribution in [-0.2, 0) is 0 Å². The number of rotatable bonds is 2. The van der Waals surface area contributed by atoms with Crippen molar-refractivity contribution >= 4 is 15.9 Å². The van der Waals surface area contributed by atoms with Crippen LogP contribution in [0.4, 0.5) is 0 Å². The first-order chi connectivity index (χ1) is 6.60. The van der Waals surface area contributed by atoms with Crippen molar-refractivity contribution in [2.45, 2.75) is 12.8 Å². The number of aromatic hydroxyl groups is 1. The van der Waals surface area contributed by atoms with Gasteiger partial charge in [0.2, 0.25) is 0 Å². The summed E-state index contributed by atoms with van der Waals surface area (Å²) < 4.78 is 5.60. The van der Waals surface area contributed by atoms with Gasteiger partial charge in [-0.25, -0.2) is 0 Å². The number of hydrogen-bond donors (Lipinski definition) is 1. The van der Waals surface area contributed by atoms with Crippen LogP contribution in [0.15, 0.2) is 16.6 Å². The zero-order valence-corrected chi connectivity index (χ0v) is 9.63. The van der Waals surface area contributed by atoms with Gasteiger partial charge in [0.05, 0.1) is 11.6 Å². The summed E-state index contributed by atoms with van der Waals surface area (Å²) >= 11 is 3.24. The largest absolute Gasteiger partial charge is 0.503 e. The van der Waals surface area contributed by atoms with Crippen molar-refractivity contribution in [2.75, 3.05) is 7.11 Å². The standard InChI is InChI=1S/C11H11BrO2/c1-4-7(2)8-5-9(12)11(13)10(6-8)14-3/h1,5-7,13H,2-3H3. The monoisotopic (exact) mass is 254 g/mol. The molecular weight excluding hydrogens is 244 g/mol. The van der Waals surface area contributed by atoms with E-state index in [1.807, 2.05) is 6.92 Å². The number of phenolic OH excluding ortho intramolecular Hbond substituents is 1. The SMILES string of the molecule is C#CC(C)c1cc(Br)c(O)c(OC)c1. The molecule has 0 saturated heterocycles. The van der Waals surface area contributed by atoms with E-state index < -0.39 is 0 Å². The van der Waals surface area contributed by atoms with Crippen molar-refractivity contribution in [1.29, 1.82) is 0 Å². The van der Waals surface area contributed by atoms with Crippen molar-refractivity contribution in [1.82, 2.24) is 0 Å². The van der Waals surface area contributed by atoms with Gasteiger partial charge < -0.3 is 9.84 Å². The van der Waals surface area contributed by atoms with E-state index in [4.69, 9.17) is 11.2 Å². The van der Waals surface area contributed by atoms with Crippen molar-refractivity contribution in [3.63, 3.8) is 0 Å². The summed E-state index contributed by atoms with van der Waals surface area (Å²) in [5.74, 6) is 3.15. The molecule has 14 heavy (non-hydrogen) atoms. The Morgan fingerprint density at radius 1 is 1.57 bits per heavy atom. The molecule has 0 radical (unpaired) electrons. The van der Waals surface area contributed by atoms with E-state index in [0.717, 1.165) is 5.56 Å². The van der Waals surface area contributed by atoms with Gasteiger partial charge in [-0.2, -0.15) is 0 Å². The van der Waals surface area contributed by atoms with E-state index in [1.54, 1.807) is 12.1 Å². The highest BCUT2D eigenvalue weighted by atomic mass is 79.9. The molecular formula is C11H11BrO2. The fourth-order valence-corrected chi connectivity index (χ4v) is 1.56. The van der Waals surface area contributed by atoms with E-state index in [1.165, 1.54) is 7.11 Å². The lowest BCUT2D eigenvalue weighted by atomic mass is 10.0. The molecule has 74 valence electrons. The van der Waals surface area contributed by atoms with Gasteiger partial charge in [-0.1, -0.05) is 5.92 Å². The molecule has 0 aliphatic rings. The van der Waals surface area contributed by atoms with Crippen LogP contribution in [0.3, 0.4) is 0 Å². The van der Waals surface area contributed by atoms with Gasteiger partial charge in [-0.15, -0.1) is 6.42 Å². The van der Waals surface area contributed by atoms with E-state index in [0.29, 0.717) is 10.2 Å². The lowest BCUT2D eigenvalue weighted by Gasteiger charge is -2.10. The maximum absolute atomic E-state index is 9.55. The lowest BCUT2D eigenvalue weighted by molar-refractivity contribution is 0.371. The molecule has 0 fully saturated rings. The first kappa shape index (κ1) is 10.9. The minimum atomic E-state index is 0.000741. The summed E-state index contributed by atoms with van der Waals surface area (Å²) in [6.45, 7) is 1.91. The van der Waals surface area contributed by atoms with E-state index in [9.17, 15) is 5.11 Å². The molecule has 0 amide bonds. The normalized spacial score (nSPS) is 11.9. The fraction of sp³-hybridized carbons (Fsp3) is 0.273. The first-order valence-corrected chi connectivity index (χ1v) is 4.92. The first-order valence-electron chi connectivity index (χ1n) is 4.12. The average Bonchev–Trinajstić information content (AvgIpc) is 2.20. The molecule has 0 spiro atoms. The van der Waals surface area contributed by atoms with Crippen molar-refractivity contribution < 1.29 is 9.84 Å². The number of halogens is 1. The quantitative estimate of drug-likeness (QED) is 0.823. The molecule has 1 aromatic carbocycles. The maximum Gasteiger partial charge on any atom is 0.172 e. The highest BCUT2D eigenvalue weighted by Crippen LogP contribution is 2.36. The zero-order valence-electron chi connectivity index (χ0n) is 8.04. The molecule has 0 heterocycles. The Morgan fingerprint density at radius 2 is 2.21 bits per heavy atom. The van der Waals surface area contributed by atoms with Gasteiger partial charge in [0, 0.05) is 5.92 Å². The second-order valence-electron chi connectivity index (χ2n) is 2.94. The van der Waals surface area contributed by atoms with Gasteiger partial charge in [0.1, 0.15) is 0 Å². The van der Waals surface area contributed by atoms with Crippen LogP contribution in [0, 0.1) is 12.3 Å². The smallest absolute Gasteiger partial charge is 0.172 e. The summed E-state index contributed by atoms with van der Waals surface area (Å²) in [4.78, 5) is 0. The van der Waals surface area contributed by atoms with Crippen LogP contribution in [0.5, 0.6) is 11.5 Å². The molecule has 0 aliphatic heterocycles. The third kappa shape index (κ3) is 2.02. The Balaban J connectivity index is 3.24. The maximum atomic E-state index is 9.55. The molecule has 1 atom stereocenters. The number of ether oxygens (including phenoxy) is 1. The van der Waals surface area contributed by atoms with Gasteiger partial charge in [0.15, 0.2) is 11.5 Å². The van der Waals surface area contributed by atoms with E-state index in [2.05, 4.69) is 21.9 Å². The van der Waals surface area contributed by atoms with Gasteiger partial charge >= 0.3 is 0 Å². The van der Waals surface area contributed by atoms with E-state index in [-0.39, 0.29) is 11.7 Å². The van der Waals surface area contributed by atoms with Crippen LogP contribution < -0.4 is 4.74 Å². The number of hydrogen-bond acceptors (Lipinski definition) is 2. The average molecular weight is 255 g/mol. The van der Waals surface area contributed by atoms with Crippen LogP contribution in [0.1, 0.15) is 18.4 Å². The zero-order chi connectivity index (χ0) is 10.7. The number of terminal acetylenes is 1. The molecule has 1 unspecified atom stereocenters. The summed E-state index contributed by atoms with van der Waals surface area (Å²) in [7, 11) is 1.51. The van der Waals surface area contributed by atoms with Gasteiger partial charge in [-0.3, -0.25) is 0 Å². The molecule has 0 saturated carbocycles. The lowest BCUT2D eigenvalue weighted by Crippen LogP contribution is -1.92. The van der Waals surface area contributed by atoms with Crippen LogP contribution in [-0.4, -0.2) is 12.2 Å².